The fourth-order valence-corrected chi connectivity index (χ4v) is 3.48. The van der Waals surface area contributed by atoms with Crippen molar-refractivity contribution in [3.8, 4) is 5.75 Å². The normalized spacial score (nSPS) is 15.2. The van der Waals surface area contributed by atoms with Gasteiger partial charge in [-0.05, 0) is 50.9 Å². The number of nitrogens with one attached hydrogen (secondary N) is 2. The number of hydrogen-bond acceptors (Lipinski definition) is 4. The maximum absolute atomic E-state index is 5.42. The van der Waals surface area contributed by atoms with E-state index in [9.17, 15) is 0 Å². The highest BCUT2D eigenvalue weighted by molar-refractivity contribution is 5.79. The molecule has 2 rings (SSSR count). The van der Waals surface area contributed by atoms with E-state index in [4.69, 9.17) is 14.5 Å². The average molecular weight is 391 g/mol. The highest BCUT2D eigenvalue weighted by Gasteiger charge is 2.18. The Labute approximate surface area is 170 Å². The van der Waals surface area contributed by atoms with Crippen molar-refractivity contribution in [2.24, 2.45) is 4.99 Å². The van der Waals surface area contributed by atoms with E-state index < -0.39 is 0 Å². The fraction of sp³-hybridized carbons (Fsp3) is 0.682. The molecule has 0 radical (unpaired) electrons. The van der Waals surface area contributed by atoms with Gasteiger partial charge in [-0.3, -0.25) is 0 Å². The van der Waals surface area contributed by atoms with Crippen LogP contribution in [0.4, 0.5) is 0 Å². The SMILES string of the molecule is CCOCCCNC(=NCc1ccc(OC)cc1)NCCN(C)C1CCCC1. The molecule has 0 atom stereocenters. The van der Waals surface area contributed by atoms with Gasteiger partial charge < -0.3 is 25.0 Å². The summed E-state index contributed by atoms with van der Waals surface area (Å²) in [6.45, 7) is 7.00. The van der Waals surface area contributed by atoms with E-state index in [1.54, 1.807) is 7.11 Å². The van der Waals surface area contributed by atoms with Gasteiger partial charge in [0, 0.05) is 38.9 Å². The Kier molecular flexibility index (Phi) is 10.8. The number of nitrogens with zero attached hydrogens (tertiary/aromatic N) is 2. The molecule has 158 valence electrons. The molecule has 1 aromatic rings. The largest absolute Gasteiger partial charge is 0.497 e. The molecule has 0 unspecified atom stereocenters. The molecule has 2 N–H and O–H groups in total. The Hall–Kier alpha value is -1.79. The zero-order chi connectivity index (χ0) is 20.0. The van der Waals surface area contributed by atoms with Crippen molar-refractivity contribution < 1.29 is 9.47 Å². The summed E-state index contributed by atoms with van der Waals surface area (Å²) in [6.07, 6.45) is 6.39. The lowest BCUT2D eigenvalue weighted by molar-refractivity contribution is 0.145. The minimum Gasteiger partial charge on any atom is -0.497 e. The third kappa shape index (κ3) is 8.48. The molecule has 28 heavy (non-hydrogen) atoms. The number of ether oxygens (including phenoxy) is 2. The third-order valence-corrected chi connectivity index (χ3v) is 5.25. The van der Waals surface area contributed by atoms with Gasteiger partial charge in [-0.25, -0.2) is 4.99 Å². The number of rotatable bonds is 12. The van der Waals surface area contributed by atoms with Crippen molar-refractivity contribution in [1.29, 1.82) is 0 Å². The summed E-state index contributed by atoms with van der Waals surface area (Å²) < 4.78 is 10.6. The van der Waals surface area contributed by atoms with Crippen molar-refractivity contribution in [1.82, 2.24) is 15.5 Å². The first-order valence-electron chi connectivity index (χ1n) is 10.7. The molecule has 1 saturated carbocycles. The van der Waals surface area contributed by atoms with Crippen LogP contribution < -0.4 is 15.4 Å². The monoisotopic (exact) mass is 390 g/mol. The van der Waals surface area contributed by atoms with E-state index in [-0.39, 0.29) is 0 Å². The molecular formula is C22H38N4O2. The molecule has 0 heterocycles. The van der Waals surface area contributed by atoms with Gasteiger partial charge in [0.25, 0.3) is 0 Å². The molecule has 1 aliphatic rings. The van der Waals surface area contributed by atoms with Crippen LogP contribution in [-0.4, -0.2) is 63.9 Å². The first kappa shape index (κ1) is 22.5. The van der Waals surface area contributed by atoms with Crippen molar-refractivity contribution >= 4 is 5.96 Å². The number of methoxy groups -OCH3 is 1. The second kappa shape index (κ2) is 13.4. The van der Waals surface area contributed by atoms with Crippen LogP contribution in [0.2, 0.25) is 0 Å². The van der Waals surface area contributed by atoms with E-state index >= 15 is 0 Å². The summed E-state index contributed by atoms with van der Waals surface area (Å²) >= 11 is 0. The van der Waals surface area contributed by atoms with Crippen LogP contribution in [0.5, 0.6) is 5.75 Å². The van der Waals surface area contributed by atoms with Crippen molar-refractivity contribution in [2.45, 2.75) is 51.6 Å². The lowest BCUT2D eigenvalue weighted by Crippen LogP contribution is -2.43. The van der Waals surface area contributed by atoms with Crippen molar-refractivity contribution in [3.63, 3.8) is 0 Å². The molecule has 0 saturated heterocycles. The fourth-order valence-electron chi connectivity index (χ4n) is 3.48. The van der Waals surface area contributed by atoms with Gasteiger partial charge in [-0.2, -0.15) is 0 Å². The standard InChI is InChI=1S/C22H38N4O2/c1-4-28-17-7-14-23-22(24-15-16-26(2)20-8-5-6-9-20)25-18-19-10-12-21(27-3)13-11-19/h10-13,20H,4-9,14-18H2,1-3H3,(H2,23,24,25). The second-order valence-corrected chi connectivity index (χ2v) is 7.34. The van der Waals surface area contributed by atoms with Gasteiger partial charge in [0.15, 0.2) is 5.96 Å². The Bertz CT molecular complexity index is 556. The second-order valence-electron chi connectivity index (χ2n) is 7.34. The van der Waals surface area contributed by atoms with Gasteiger partial charge in [0.05, 0.1) is 13.7 Å². The van der Waals surface area contributed by atoms with Crippen LogP contribution in [0.3, 0.4) is 0 Å². The summed E-state index contributed by atoms with van der Waals surface area (Å²) in [6, 6.07) is 8.82. The van der Waals surface area contributed by atoms with Crippen LogP contribution in [0, 0.1) is 0 Å². The Morgan fingerprint density at radius 2 is 1.86 bits per heavy atom. The third-order valence-electron chi connectivity index (χ3n) is 5.25. The molecule has 1 fully saturated rings. The van der Waals surface area contributed by atoms with Gasteiger partial charge in [-0.15, -0.1) is 0 Å². The molecular weight excluding hydrogens is 352 g/mol. The van der Waals surface area contributed by atoms with Gasteiger partial charge >= 0.3 is 0 Å². The summed E-state index contributed by atoms with van der Waals surface area (Å²) in [4.78, 5) is 7.24. The minimum atomic E-state index is 0.642. The van der Waals surface area contributed by atoms with Gasteiger partial charge in [-0.1, -0.05) is 25.0 Å². The number of guanidine groups is 1. The molecule has 0 spiro atoms. The molecule has 6 nitrogen and oxygen atoms in total. The first-order valence-corrected chi connectivity index (χ1v) is 10.7. The summed E-state index contributed by atoms with van der Waals surface area (Å²) in [7, 11) is 3.92. The maximum atomic E-state index is 5.42. The number of hydrogen-bond donors (Lipinski definition) is 2. The van der Waals surface area contributed by atoms with E-state index in [2.05, 4.69) is 34.7 Å². The highest BCUT2D eigenvalue weighted by atomic mass is 16.5. The van der Waals surface area contributed by atoms with Crippen molar-refractivity contribution in [3.05, 3.63) is 29.8 Å². The van der Waals surface area contributed by atoms with Gasteiger partial charge in [0.1, 0.15) is 5.75 Å². The van der Waals surface area contributed by atoms with Crippen LogP contribution in [0.15, 0.2) is 29.3 Å². The molecule has 0 amide bonds. The number of benzene rings is 1. The number of aliphatic imine (C=N–C) groups is 1. The van der Waals surface area contributed by atoms with Crippen LogP contribution in [0.1, 0.15) is 44.6 Å². The molecule has 6 heteroatoms. The Morgan fingerprint density at radius 1 is 1.14 bits per heavy atom. The highest BCUT2D eigenvalue weighted by Crippen LogP contribution is 2.21. The summed E-state index contributed by atoms with van der Waals surface area (Å²) in [5.41, 5.74) is 1.17. The topological polar surface area (TPSA) is 58.1 Å². The first-order chi connectivity index (χ1) is 13.7. The molecule has 0 aromatic heterocycles. The minimum absolute atomic E-state index is 0.642. The number of likely N-dealkylation sites (N-methyl/N-ethyl adjacent to an activating group) is 1. The van der Waals surface area contributed by atoms with E-state index in [1.165, 1.54) is 31.2 Å². The van der Waals surface area contributed by atoms with Crippen LogP contribution in [0.25, 0.3) is 0 Å². The zero-order valence-electron chi connectivity index (χ0n) is 17.9. The molecule has 0 aliphatic heterocycles. The van der Waals surface area contributed by atoms with Crippen molar-refractivity contribution in [2.75, 3.05) is 47.0 Å². The Morgan fingerprint density at radius 3 is 2.54 bits per heavy atom. The molecule has 1 aromatic carbocycles. The van der Waals surface area contributed by atoms with E-state index in [0.717, 1.165) is 57.0 Å². The van der Waals surface area contributed by atoms with Gasteiger partial charge in [0.2, 0.25) is 0 Å². The zero-order valence-corrected chi connectivity index (χ0v) is 17.9. The van der Waals surface area contributed by atoms with Crippen LogP contribution >= 0.6 is 0 Å². The quantitative estimate of drug-likeness (QED) is 0.326. The van der Waals surface area contributed by atoms with E-state index in [0.29, 0.717) is 6.54 Å². The predicted molar refractivity (Wildman–Crippen MR) is 116 cm³/mol. The molecule has 1 aliphatic carbocycles. The molecule has 0 bridgehead atoms. The summed E-state index contributed by atoms with van der Waals surface area (Å²) in [5.74, 6) is 1.74. The average Bonchev–Trinajstić information content (AvgIpc) is 3.26. The lowest BCUT2D eigenvalue weighted by atomic mass is 10.2. The van der Waals surface area contributed by atoms with Crippen LogP contribution in [-0.2, 0) is 11.3 Å². The smallest absolute Gasteiger partial charge is 0.191 e. The lowest BCUT2D eigenvalue weighted by Gasteiger charge is -2.24. The Balaban J connectivity index is 1.81. The van der Waals surface area contributed by atoms with E-state index in [1.807, 2.05) is 19.1 Å². The summed E-state index contributed by atoms with van der Waals surface area (Å²) in [5, 5.41) is 6.92. The predicted octanol–water partition coefficient (Wildman–Crippen LogP) is 3.03. The maximum Gasteiger partial charge on any atom is 0.191 e.